The summed E-state index contributed by atoms with van der Waals surface area (Å²) in [6, 6.07) is -5.21. The maximum absolute atomic E-state index is 12.6. The van der Waals surface area contributed by atoms with Crippen LogP contribution in [0.5, 0.6) is 0 Å². The van der Waals surface area contributed by atoms with Crippen LogP contribution in [0.2, 0.25) is 0 Å². The Balaban J connectivity index is 5.42. The Bertz CT molecular complexity index is 696. The normalized spacial score (nSPS) is 14.6. The average Bonchev–Trinajstić information content (AvgIpc) is 2.62. The van der Waals surface area contributed by atoms with Crippen LogP contribution < -0.4 is 27.4 Å². The van der Waals surface area contributed by atoms with Crippen LogP contribution in [-0.4, -0.2) is 69.9 Å². The zero-order valence-electron chi connectivity index (χ0n) is 17.7. The fourth-order valence-corrected chi connectivity index (χ4v) is 2.48. The molecule has 9 N–H and O–H groups in total. The molecule has 0 fully saturated rings. The quantitative estimate of drug-likeness (QED) is 0.151. The predicted octanol–water partition coefficient (Wildman–Crippen LogP) is -2.34. The third-order valence-electron chi connectivity index (χ3n) is 4.12. The van der Waals surface area contributed by atoms with Gasteiger partial charge in [-0.2, -0.15) is 0 Å². The molecule has 0 rings (SSSR count). The Morgan fingerprint density at radius 3 is 1.81 bits per heavy atom. The minimum atomic E-state index is -1.55. The van der Waals surface area contributed by atoms with E-state index in [9.17, 15) is 28.8 Å². The zero-order chi connectivity index (χ0) is 24.3. The van der Waals surface area contributed by atoms with Crippen LogP contribution in [0.15, 0.2) is 0 Å². The van der Waals surface area contributed by atoms with Gasteiger partial charge in [0.05, 0.1) is 12.5 Å². The van der Waals surface area contributed by atoms with Crippen molar-refractivity contribution in [3.05, 3.63) is 0 Å². The predicted molar refractivity (Wildman–Crippen MR) is 107 cm³/mol. The highest BCUT2D eigenvalue weighted by atomic mass is 16.4. The molecular weight excluding hydrogens is 414 g/mol. The van der Waals surface area contributed by atoms with Crippen LogP contribution in [0, 0.1) is 5.92 Å². The van der Waals surface area contributed by atoms with Crippen LogP contribution in [0.1, 0.15) is 46.5 Å². The molecule has 13 nitrogen and oxygen atoms in total. The molecule has 176 valence electrons. The molecule has 0 aromatic carbocycles. The first-order chi connectivity index (χ1) is 14.2. The lowest BCUT2D eigenvalue weighted by Gasteiger charge is -2.24. The summed E-state index contributed by atoms with van der Waals surface area (Å²) in [6.45, 7) is 4.85. The molecule has 0 radical (unpaired) electrons. The van der Waals surface area contributed by atoms with Crippen molar-refractivity contribution in [2.75, 3.05) is 0 Å². The van der Waals surface area contributed by atoms with E-state index in [1.54, 1.807) is 0 Å². The number of amides is 4. The van der Waals surface area contributed by atoms with E-state index >= 15 is 0 Å². The second kappa shape index (κ2) is 13.2. The summed E-state index contributed by atoms with van der Waals surface area (Å²) in [5.41, 5.74) is 10.8. The Hall–Kier alpha value is -3.22. The van der Waals surface area contributed by atoms with Gasteiger partial charge in [0.15, 0.2) is 0 Å². The zero-order valence-corrected chi connectivity index (χ0v) is 17.7. The summed E-state index contributed by atoms with van der Waals surface area (Å²) >= 11 is 0. The van der Waals surface area contributed by atoms with Gasteiger partial charge in [-0.1, -0.05) is 13.8 Å². The van der Waals surface area contributed by atoms with Crippen molar-refractivity contribution in [3.8, 4) is 0 Å². The van der Waals surface area contributed by atoms with Gasteiger partial charge in [0.2, 0.25) is 23.6 Å². The Labute approximate surface area is 179 Å². The molecule has 0 spiro atoms. The van der Waals surface area contributed by atoms with Crippen LogP contribution >= 0.6 is 0 Å². The van der Waals surface area contributed by atoms with E-state index in [1.165, 1.54) is 6.92 Å². The first kappa shape index (κ1) is 27.8. The molecule has 0 saturated heterocycles. The number of carbonyl (C=O) groups is 6. The van der Waals surface area contributed by atoms with Gasteiger partial charge < -0.3 is 37.6 Å². The maximum atomic E-state index is 12.6. The molecule has 0 aliphatic carbocycles. The Morgan fingerprint density at radius 1 is 0.839 bits per heavy atom. The molecule has 4 amide bonds. The van der Waals surface area contributed by atoms with Crippen LogP contribution in [0.3, 0.4) is 0 Å². The van der Waals surface area contributed by atoms with Crippen molar-refractivity contribution in [1.82, 2.24) is 16.0 Å². The topological polar surface area (TPSA) is 231 Å². The number of hydrogen-bond acceptors (Lipinski definition) is 7. The van der Waals surface area contributed by atoms with Crippen molar-refractivity contribution in [2.24, 2.45) is 17.4 Å². The highest BCUT2D eigenvalue weighted by Crippen LogP contribution is 2.05. The lowest BCUT2D eigenvalue weighted by molar-refractivity contribution is -0.143. The van der Waals surface area contributed by atoms with Crippen LogP contribution in [0.25, 0.3) is 0 Å². The number of nitrogens with two attached hydrogens (primary N) is 2. The van der Waals surface area contributed by atoms with Crippen molar-refractivity contribution < 1.29 is 39.0 Å². The molecule has 0 saturated carbocycles. The summed E-state index contributed by atoms with van der Waals surface area (Å²) in [5, 5.41) is 24.6. The SMILES string of the molecule is CC(C)CC(N)C(=O)NC(CC(=O)O)C(=O)NC(CCC(N)=O)C(=O)NC(C)C(=O)O. The number of carboxylic acid groups (broad SMARTS) is 2. The highest BCUT2D eigenvalue weighted by molar-refractivity contribution is 5.95. The molecule has 0 aliphatic rings. The van der Waals surface area contributed by atoms with Gasteiger partial charge in [0, 0.05) is 6.42 Å². The standard InChI is InChI=1S/C18H31N5O8/c1-8(2)6-10(19)15(27)23-12(7-14(25)26)17(29)22-11(4-5-13(20)24)16(28)21-9(3)18(30)31/h8-12H,4-7,19H2,1-3H3,(H2,20,24)(H,21,28)(H,22,29)(H,23,27)(H,25,26)(H,30,31). The summed E-state index contributed by atoms with van der Waals surface area (Å²) in [7, 11) is 0. The summed E-state index contributed by atoms with van der Waals surface area (Å²) < 4.78 is 0. The van der Waals surface area contributed by atoms with Crippen LogP contribution in [0.4, 0.5) is 0 Å². The van der Waals surface area contributed by atoms with E-state index in [4.69, 9.17) is 21.7 Å². The van der Waals surface area contributed by atoms with Gasteiger partial charge in [-0.25, -0.2) is 0 Å². The smallest absolute Gasteiger partial charge is 0.325 e. The number of aliphatic carboxylic acids is 2. The van der Waals surface area contributed by atoms with Gasteiger partial charge in [-0.05, 0) is 25.7 Å². The summed E-state index contributed by atoms with van der Waals surface area (Å²) in [5.74, 6) is -6.09. The first-order valence-electron chi connectivity index (χ1n) is 9.64. The van der Waals surface area contributed by atoms with Gasteiger partial charge in [0.1, 0.15) is 18.1 Å². The molecule has 13 heteroatoms. The number of nitrogens with one attached hydrogen (secondary N) is 3. The molecule has 4 unspecified atom stereocenters. The van der Waals surface area contributed by atoms with E-state index < -0.39 is 66.2 Å². The molecule has 31 heavy (non-hydrogen) atoms. The maximum Gasteiger partial charge on any atom is 0.325 e. The largest absolute Gasteiger partial charge is 0.481 e. The van der Waals surface area contributed by atoms with E-state index in [2.05, 4.69) is 16.0 Å². The van der Waals surface area contributed by atoms with Gasteiger partial charge >= 0.3 is 11.9 Å². The van der Waals surface area contributed by atoms with Gasteiger partial charge in [0.25, 0.3) is 0 Å². The number of carboxylic acids is 2. The third-order valence-corrected chi connectivity index (χ3v) is 4.12. The van der Waals surface area contributed by atoms with E-state index in [0.29, 0.717) is 6.42 Å². The number of primary amides is 1. The van der Waals surface area contributed by atoms with Gasteiger partial charge in [-0.3, -0.25) is 28.8 Å². The molecule has 0 aromatic heterocycles. The average molecular weight is 445 g/mol. The first-order valence-corrected chi connectivity index (χ1v) is 9.64. The third kappa shape index (κ3) is 11.5. The number of carbonyl (C=O) groups excluding carboxylic acids is 4. The number of hydrogen-bond donors (Lipinski definition) is 7. The van der Waals surface area contributed by atoms with E-state index in [1.807, 2.05) is 13.8 Å². The Morgan fingerprint density at radius 2 is 1.35 bits per heavy atom. The molecule has 0 heterocycles. The fraction of sp³-hybridized carbons (Fsp3) is 0.667. The van der Waals surface area contributed by atoms with Crippen LogP contribution in [-0.2, 0) is 28.8 Å². The second-order valence-electron chi connectivity index (χ2n) is 7.53. The van der Waals surface area contributed by atoms with Crippen molar-refractivity contribution >= 4 is 35.6 Å². The molecule has 4 atom stereocenters. The van der Waals surface area contributed by atoms with E-state index in [0.717, 1.165) is 0 Å². The van der Waals surface area contributed by atoms with Crippen molar-refractivity contribution in [2.45, 2.75) is 70.6 Å². The van der Waals surface area contributed by atoms with Crippen molar-refractivity contribution in [3.63, 3.8) is 0 Å². The molecule has 0 bridgehead atoms. The minimum absolute atomic E-state index is 0.0746. The molecule has 0 aromatic rings. The fourth-order valence-electron chi connectivity index (χ4n) is 2.48. The second-order valence-corrected chi connectivity index (χ2v) is 7.53. The highest BCUT2D eigenvalue weighted by Gasteiger charge is 2.31. The minimum Gasteiger partial charge on any atom is -0.481 e. The lowest BCUT2D eigenvalue weighted by Crippen LogP contribution is -2.57. The van der Waals surface area contributed by atoms with E-state index in [-0.39, 0.29) is 18.8 Å². The number of rotatable bonds is 14. The molecule has 0 aliphatic heterocycles. The lowest BCUT2D eigenvalue weighted by atomic mass is 10.0. The van der Waals surface area contributed by atoms with Gasteiger partial charge in [-0.15, -0.1) is 0 Å². The Kier molecular flexibility index (Phi) is 11.8. The summed E-state index contributed by atoms with van der Waals surface area (Å²) in [6.07, 6.45) is -1.07. The molecular formula is C18H31N5O8. The van der Waals surface area contributed by atoms with Crippen molar-refractivity contribution in [1.29, 1.82) is 0 Å². The summed E-state index contributed by atoms with van der Waals surface area (Å²) in [4.78, 5) is 70.3. The monoisotopic (exact) mass is 445 g/mol.